The predicted molar refractivity (Wildman–Crippen MR) is 104 cm³/mol. The van der Waals surface area contributed by atoms with Crippen LogP contribution in [0.5, 0.6) is 0 Å². The van der Waals surface area contributed by atoms with E-state index in [1.54, 1.807) is 0 Å². The van der Waals surface area contributed by atoms with Gasteiger partial charge in [0.15, 0.2) is 0 Å². The van der Waals surface area contributed by atoms with Gasteiger partial charge in [-0.1, -0.05) is 53.4 Å². The highest BCUT2D eigenvalue weighted by atomic mass is 16.1. The average Bonchev–Trinajstić information content (AvgIpc) is 2.93. The number of fused-ring (bicyclic) bond motifs is 5. The van der Waals surface area contributed by atoms with Gasteiger partial charge in [-0.15, -0.1) is 0 Å². The molecule has 4 aliphatic carbocycles. The summed E-state index contributed by atoms with van der Waals surface area (Å²) >= 11 is 0. The summed E-state index contributed by atoms with van der Waals surface area (Å²) < 4.78 is 0. The van der Waals surface area contributed by atoms with Gasteiger partial charge in [0.05, 0.1) is 0 Å². The Balaban J connectivity index is 1.63. The van der Waals surface area contributed by atoms with E-state index in [0.29, 0.717) is 40.3 Å². The molecule has 4 saturated carbocycles. The second-order valence-electron chi connectivity index (χ2n) is 10.9. The van der Waals surface area contributed by atoms with Crippen molar-refractivity contribution in [3.63, 3.8) is 0 Å². The second kappa shape index (κ2) is 6.38. The van der Waals surface area contributed by atoms with E-state index < -0.39 is 0 Å². The van der Waals surface area contributed by atoms with Gasteiger partial charge < -0.3 is 0 Å². The summed E-state index contributed by atoms with van der Waals surface area (Å²) in [5, 5.41) is 0. The first-order valence-corrected chi connectivity index (χ1v) is 11.4. The zero-order valence-corrected chi connectivity index (χ0v) is 17.2. The van der Waals surface area contributed by atoms with Crippen LogP contribution in [-0.4, -0.2) is 5.78 Å². The molecule has 4 aliphatic rings. The molecule has 0 amide bonds. The van der Waals surface area contributed by atoms with Gasteiger partial charge >= 0.3 is 0 Å². The number of hydrogen-bond donors (Lipinski definition) is 0. The van der Waals surface area contributed by atoms with Crippen molar-refractivity contribution in [3.05, 3.63) is 0 Å². The second-order valence-corrected chi connectivity index (χ2v) is 10.9. The zero-order valence-electron chi connectivity index (χ0n) is 17.2. The van der Waals surface area contributed by atoms with Gasteiger partial charge in [0.2, 0.25) is 0 Å². The number of Topliss-reactive ketones (excluding diaryl/α,β-unsaturated/α-hetero) is 1. The number of rotatable bonds is 3. The molecule has 0 N–H and O–H groups in total. The lowest BCUT2D eigenvalue weighted by Crippen LogP contribution is -2.56. The molecule has 4 rings (SSSR count). The van der Waals surface area contributed by atoms with E-state index in [-0.39, 0.29) is 0 Å². The molecule has 8 atom stereocenters. The molecule has 4 fully saturated rings. The lowest BCUT2D eigenvalue weighted by molar-refractivity contribution is -0.156. The molecule has 1 heteroatoms. The molecule has 1 nitrogen and oxygen atoms in total. The minimum atomic E-state index is 0.414. The standard InChI is InChI=1S/C24H40O/c1-5-8-16(2)18-10-11-19-22-20(12-14-24(18,19)4)23(3)13-7-6-9-17(23)15-21(22)25/h16-20,22H,5-15H2,1-4H3/t16?,17?,18-,19+,20+,22+,23+,24-/m1/s1. The van der Waals surface area contributed by atoms with Gasteiger partial charge in [-0.05, 0) is 78.9 Å². The number of ketones is 1. The lowest BCUT2D eigenvalue weighted by atomic mass is 9.44. The van der Waals surface area contributed by atoms with E-state index in [1.807, 2.05) is 0 Å². The van der Waals surface area contributed by atoms with Gasteiger partial charge in [0.1, 0.15) is 5.78 Å². The Hall–Kier alpha value is -0.330. The van der Waals surface area contributed by atoms with E-state index in [9.17, 15) is 4.79 Å². The molecule has 0 radical (unpaired) electrons. The smallest absolute Gasteiger partial charge is 0.136 e. The predicted octanol–water partition coefficient (Wildman–Crippen LogP) is 6.65. The Kier molecular flexibility index (Phi) is 4.61. The van der Waals surface area contributed by atoms with Gasteiger partial charge in [0, 0.05) is 12.3 Å². The van der Waals surface area contributed by atoms with Crippen LogP contribution in [-0.2, 0) is 4.79 Å². The summed E-state index contributed by atoms with van der Waals surface area (Å²) in [5.74, 6) is 4.90. The third kappa shape index (κ3) is 2.58. The number of hydrogen-bond acceptors (Lipinski definition) is 1. The van der Waals surface area contributed by atoms with Crippen LogP contribution in [0.25, 0.3) is 0 Å². The Bertz CT molecular complexity index is 524. The monoisotopic (exact) mass is 344 g/mol. The molecule has 0 aromatic carbocycles. The molecule has 25 heavy (non-hydrogen) atoms. The van der Waals surface area contributed by atoms with E-state index in [2.05, 4.69) is 27.7 Å². The summed E-state index contributed by atoms with van der Waals surface area (Å²) in [6.07, 6.45) is 14.5. The van der Waals surface area contributed by atoms with E-state index >= 15 is 0 Å². The molecule has 0 aromatic heterocycles. The fraction of sp³-hybridized carbons (Fsp3) is 0.958. The van der Waals surface area contributed by atoms with Gasteiger partial charge in [-0.2, -0.15) is 0 Å². The van der Waals surface area contributed by atoms with Crippen molar-refractivity contribution in [2.75, 3.05) is 0 Å². The molecule has 0 aromatic rings. The SMILES string of the molecule is CCCC(C)[C@H]1CC[C@H]2[C@@H]3C(=O)CC4CCCC[C@]4(C)[C@H]3CC[C@]12C. The van der Waals surface area contributed by atoms with Crippen molar-refractivity contribution >= 4 is 5.78 Å². The fourth-order valence-electron chi connectivity index (χ4n) is 8.59. The van der Waals surface area contributed by atoms with Crippen LogP contribution in [0.4, 0.5) is 0 Å². The normalized spacial score (nSPS) is 50.7. The maximum Gasteiger partial charge on any atom is 0.136 e. The molecular weight excluding hydrogens is 304 g/mol. The van der Waals surface area contributed by atoms with Crippen LogP contribution in [0, 0.1) is 46.3 Å². The Morgan fingerprint density at radius 3 is 2.52 bits per heavy atom. The van der Waals surface area contributed by atoms with Crippen LogP contribution in [0.3, 0.4) is 0 Å². The van der Waals surface area contributed by atoms with Crippen LogP contribution >= 0.6 is 0 Å². The van der Waals surface area contributed by atoms with E-state index in [1.165, 1.54) is 64.2 Å². The highest BCUT2D eigenvalue weighted by Crippen LogP contribution is 2.67. The Morgan fingerprint density at radius 1 is 1.00 bits per heavy atom. The van der Waals surface area contributed by atoms with Crippen LogP contribution in [0.1, 0.15) is 98.3 Å². The quantitative estimate of drug-likeness (QED) is 0.560. The van der Waals surface area contributed by atoms with Crippen molar-refractivity contribution in [2.45, 2.75) is 98.3 Å². The summed E-state index contributed by atoms with van der Waals surface area (Å²) in [6, 6.07) is 0. The van der Waals surface area contributed by atoms with Crippen molar-refractivity contribution in [1.82, 2.24) is 0 Å². The number of carbonyl (C=O) groups excluding carboxylic acids is 1. The van der Waals surface area contributed by atoms with Crippen molar-refractivity contribution in [2.24, 2.45) is 46.3 Å². The molecule has 142 valence electrons. The zero-order chi connectivity index (χ0) is 17.8. The summed E-state index contributed by atoms with van der Waals surface area (Å²) in [6.45, 7) is 9.99. The van der Waals surface area contributed by atoms with Crippen molar-refractivity contribution in [1.29, 1.82) is 0 Å². The van der Waals surface area contributed by atoms with Gasteiger partial charge in [-0.25, -0.2) is 0 Å². The van der Waals surface area contributed by atoms with Gasteiger partial charge in [-0.3, -0.25) is 4.79 Å². The lowest BCUT2D eigenvalue weighted by Gasteiger charge is -2.60. The molecule has 0 bridgehead atoms. The van der Waals surface area contributed by atoms with Crippen molar-refractivity contribution < 1.29 is 4.79 Å². The molecule has 0 heterocycles. The molecule has 0 saturated heterocycles. The molecular formula is C24H40O. The van der Waals surface area contributed by atoms with Crippen LogP contribution in [0.2, 0.25) is 0 Å². The minimum absolute atomic E-state index is 0.414. The number of carbonyl (C=O) groups is 1. The maximum absolute atomic E-state index is 13.3. The highest BCUT2D eigenvalue weighted by molar-refractivity contribution is 5.83. The first-order valence-electron chi connectivity index (χ1n) is 11.4. The van der Waals surface area contributed by atoms with Crippen LogP contribution in [0.15, 0.2) is 0 Å². The topological polar surface area (TPSA) is 17.1 Å². The van der Waals surface area contributed by atoms with Crippen molar-refractivity contribution in [3.8, 4) is 0 Å². The summed E-state index contributed by atoms with van der Waals surface area (Å²) in [7, 11) is 0. The Labute approximate surface area is 155 Å². The molecule has 2 unspecified atom stereocenters. The highest BCUT2D eigenvalue weighted by Gasteiger charge is 2.62. The molecule has 0 spiro atoms. The first-order chi connectivity index (χ1) is 11.9. The summed E-state index contributed by atoms with van der Waals surface area (Å²) in [4.78, 5) is 13.3. The van der Waals surface area contributed by atoms with Crippen LogP contribution < -0.4 is 0 Å². The fourth-order valence-corrected chi connectivity index (χ4v) is 8.59. The van der Waals surface area contributed by atoms with E-state index in [0.717, 1.165) is 18.3 Å². The van der Waals surface area contributed by atoms with Gasteiger partial charge in [0.25, 0.3) is 0 Å². The average molecular weight is 345 g/mol. The first kappa shape index (κ1) is 18.1. The largest absolute Gasteiger partial charge is 0.299 e. The molecule has 0 aliphatic heterocycles. The minimum Gasteiger partial charge on any atom is -0.299 e. The summed E-state index contributed by atoms with van der Waals surface area (Å²) in [5.41, 5.74) is 0.925. The third-order valence-corrected chi connectivity index (χ3v) is 9.89. The Morgan fingerprint density at radius 2 is 1.76 bits per heavy atom. The maximum atomic E-state index is 13.3. The van der Waals surface area contributed by atoms with E-state index in [4.69, 9.17) is 0 Å². The third-order valence-electron chi connectivity index (χ3n) is 9.89.